The summed E-state index contributed by atoms with van der Waals surface area (Å²) in [5, 5.41) is 2.62. The molecule has 1 N–H and O–H groups in total. The quantitative estimate of drug-likeness (QED) is 0.862. The van der Waals surface area contributed by atoms with Crippen LogP contribution in [-0.2, 0) is 9.59 Å². The molecule has 0 atom stereocenters. The van der Waals surface area contributed by atoms with E-state index in [0.717, 1.165) is 18.7 Å². The maximum atomic E-state index is 12.0. The maximum Gasteiger partial charge on any atom is 0.258 e. The third kappa shape index (κ3) is 5.25. The van der Waals surface area contributed by atoms with Crippen LogP contribution in [0.5, 0.6) is 5.75 Å². The number of amides is 2. The SMILES string of the molecule is Cc1ccc(OCC(=O)NCC(=O)N2CCN(C)CC2)cc1C. The topological polar surface area (TPSA) is 61.9 Å². The zero-order valence-corrected chi connectivity index (χ0v) is 14.1. The van der Waals surface area contributed by atoms with Crippen molar-refractivity contribution in [3.63, 3.8) is 0 Å². The zero-order chi connectivity index (χ0) is 16.8. The molecule has 0 unspecified atom stereocenters. The van der Waals surface area contributed by atoms with Crippen LogP contribution in [0.2, 0.25) is 0 Å². The fraction of sp³-hybridized carbons (Fsp3) is 0.529. The van der Waals surface area contributed by atoms with Gasteiger partial charge in [-0.2, -0.15) is 0 Å². The largest absolute Gasteiger partial charge is 0.484 e. The Morgan fingerprint density at radius 2 is 1.83 bits per heavy atom. The van der Waals surface area contributed by atoms with Crippen molar-refractivity contribution in [2.75, 3.05) is 46.4 Å². The Morgan fingerprint density at radius 3 is 2.48 bits per heavy atom. The molecule has 0 saturated carbocycles. The summed E-state index contributed by atoms with van der Waals surface area (Å²) in [4.78, 5) is 27.8. The van der Waals surface area contributed by atoms with E-state index in [2.05, 4.69) is 10.2 Å². The van der Waals surface area contributed by atoms with Crippen LogP contribution in [0.25, 0.3) is 0 Å². The van der Waals surface area contributed by atoms with Crippen molar-refractivity contribution in [2.45, 2.75) is 13.8 Å². The van der Waals surface area contributed by atoms with E-state index < -0.39 is 0 Å². The molecule has 6 nitrogen and oxygen atoms in total. The van der Waals surface area contributed by atoms with E-state index in [9.17, 15) is 9.59 Å². The van der Waals surface area contributed by atoms with Crippen molar-refractivity contribution in [1.82, 2.24) is 15.1 Å². The van der Waals surface area contributed by atoms with E-state index in [4.69, 9.17) is 4.74 Å². The van der Waals surface area contributed by atoms with Crippen molar-refractivity contribution in [1.29, 1.82) is 0 Å². The second kappa shape index (κ2) is 7.97. The summed E-state index contributed by atoms with van der Waals surface area (Å²) in [7, 11) is 2.04. The van der Waals surface area contributed by atoms with Gasteiger partial charge < -0.3 is 19.9 Å². The number of carbonyl (C=O) groups is 2. The average molecular weight is 319 g/mol. The lowest BCUT2D eigenvalue weighted by Crippen LogP contribution is -2.50. The minimum absolute atomic E-state index is 0.0266. The number of hydrogen-bond acceptors (Lipinski definition) is 4. The lowest BCUT2D eigenvalue weighted by molar-refractivity contribution is -0.134. The molecule has 126 valence electrons. The van der Waals surface area contributed by atoms with Gasteiger partial charge in [-0.05, 0) is 44.2 Å². The number of nitrogens with one attached hydrogen (secondary N) is 1. The van der Waals surface area contributed by atoms with Gasteiger partial charge in [-0.3, -0.25) is 9.59 Å². The highest BCUT2D eigenvalue weighted by Crippen LogP contribution is 2.16. The summed E-state index contributed by atoms with van der Waals surface area (Å²) in [6, 6.07) is 5.70. The molecule has 6 heteroatoms. The molecular weight excluding hydrogens is 294 g/mol. The van der Waals surface area contributed by atoms with Crippen LogP contribution in [0.3, 0.4) is 0 Å². The minimum Gasteiger partial charge on any atom is -0.484 e. The number of piperazine rings is 1. The van der Waals surface area contributed by atoms with Crippen LogP contribution in [0.1, 0.15) is 11.1 Å². The van der Waals surface area contributed by atoms with E-state index in [1.165, 1.54) is 5.56 Å². The lowest BCUT2D eigenvalue weighted by Gasteiger charge is -2.32. The van der Waals surface area contributed by atoms with Gasteiger partial charge >= 0.3 is 0 Å². The molecule has 1 aromatic carbocycles. The van der Waals surface area contributed by atoms with Crippen LogP contribution in [0.15, 0.2) is 18.2 Å². The van der Waals surface area contributed by atoms with Gasteiger partial charge in [-0.15, -0.1) is 0 Å². The molecule has 0 spiro atoms. The molecule has 2 amide bonds. The summed E-state index contributed by atoms with van der Waals surface area (Å²) in [5.74, 6) is 0.331. The number of ether oxygens (including phenoxy) is 1. The number of benzene rings is 1. The fourth-order valence-corrected chi connectivity index (χ4v) is 2.35. The third-order valence-corrected chi connectivity index (χ3v) is 4.14. The lowest BCUT2D eigenvalue weighted by atomic mass is 10.1. The smallest absolute Gasteiger partial charge is 0.258 e. The second-order valence-electron chi connectivity index (χ2n) is 6.00. The van der Waals surface area contributed by atoms with Gasteiger partial charge in [-0.25, -0.2) is 0 Å². The molecule has 0 radical (unpaired) electrons. The maximum absolute atomic E-state index is 12.0. The monoisotopic (exact) mass is 319 g/mol. The first kappa shape index (κ1) is 17.3. The molecule has 1 fully saturated rings. The predicted molar refractivity (Wildman–Crippen MR) is 88.5 cm³/mol. The minimum atomic E-state index is -0.286. The first-order chi connectivity index (χ1) is 11.0. The van der Waals surface area contributed by atoms with Crippen LogP contribution >= 0.6 is 0 Å². The summed E-state index contributed by atoms with van der Waals surface area (Å²) in [6.07, 6.45) is 0. The third-order valence-electron chi connectivity index (χ3n) is 4.14. The summed E-state index contributed by atoms with van der Waals surface area (Å²) < 4.78 is 5.45. The molecule has 1 aliphatic rings. The van der Waals surface area contributed by atoms with Gasteiger partial charge in [0.1, 0.15) is 5.75 Å². The standard InChI is InChI=1S/C17H25N3O3/c1-13-4-5-15(10-14(13)2)23-12-16(21)18-11-17(22)20-8-6-19(3)7-9-20/h4-5,10H,6-9,11-12H2,1-3H3,(H,18,21). The van der Waals surface area contributed by atoms with Gasteiger partial charge in [0.25, 0.3) is 5.91 Å². The Labute approximate surface area is 137 Å². The number of carbonyl (C=O) groups excluding carboxylic acids is 2. The predicted octanol–water partition coefficient (Wildman–Crippen LogP) is 0.572. The Morgan fingerprint density at radius 1 is 1.13 bits per heavy atom. The molecule has 2 rings (SSSR count). The number of hydrogen-bond donors (Lipinski definition) is 1. The number of rotatable bonds is 5. The van der Waals surface area contributed by atoms with Crippen molar-refractivity contribution < 1.29 is 14.3 Å². The Balaban J connectivity index is 1.70. The average Bonchev–Trinajstić information content (AvgIpc) is 2.54. The molecule has 1 heterocycles. The first-order valence-electron chi connectivity index (χ1n) is 7.89. The highest BCUT2D eigenvalue weighted by atomic mass is 16.5. The Hall–Kier alpha value is -2.08. The first-order valence-corrected chi connectivity index (χ1v) is 7.89. The molecule has 1 saturated heterocycles. The summed E-state index contributed by atoms with van der Waals surface area (Å²) in [5.41, 5.74) is 2.30. The fourth-order valence-electron chi connectivity index (χ4n) is 2.35. The number of likely N-dealkylation sites (N-methyl/N-ethyl adjacent to an activating group) is 1. The van der Waals surface area contributed by atoms with E-state index in [1.54, 1.807) is 4.90 Å². The van der Waals surface area contributed by atoms with Gasteiger partial charge in [0, 0.05) is 26.2 Å². The zero-order valence-electron chi connectivity index (χ0n) is 14.1. The number of nitrogens with zero attached hydrogens (tertiary/aromatic N) is 2. The van der Waals surface area contributed by atoms with Crippen LogP contribution in [-0.4, -0.2) is 68.0 Å². The van der Waals surface area contributed by atoms with E-state index in [0.29, 0.717) is 18.8 Å². The second-order valence-corrected chi connectivity index (χ2v) is 6.00. The molecule has 23 heavy (non-hydrogen) atoms. The van der Waals surface area contributed by atoms with Crippen LogP contribution in [0.4, 0.5) is 0 Å². The van der Waals surface area contributed by atoms with Gasteiger partial charge in [0.2, 0.25) is 5.91 Å². The van der Waals surface area contributed by atoms with Gasteiger partial charge in [0.05, 0.1) is 6.54 Å². The molecule has 0 bridgehead atoms. The molecular formula is C17H25N3O3. The van der Waals surface area contributed by atoms with Crippen LogP contribution < -0.4 is 10.1 Å². The molecule has 1 aromatic rings. The van der Waals surface area contributed by atoms with Crippen molar-refractivity contribution in [2.24, 2.45) is 0 Å². The highest BCUT2D eigenvalue weighted by Gasteiger charge is 2.19. The number of aryl methyl sites for hydroxylation is 2. The van der Waals surface area contributed by atoms with Crippen LogP contribution in [0, 0.1) is 13.8 Å². The molecule has 0 aromatic heterocycles. The van der Waals surface area contributed by atoms with Gasteiger partial charge in [-0.1, -0.05) is 6.07 Å². The summed E-state index contributed by atoms with van der Waals surface area (Å²) in [6.45, 7) is 7.13. The highest BCUT2D eigenvalue weighted by molar-refractivity contribution is 5.85. The van der Waals surface area contributed by atoms with Crippen molar-refractivity contribution in [3.05, 3.63) is 29.3 Å². The molecule has 0 aliphatic carbocycles. The Kier molecular flexibility index (Phi) is 5.98. The Bertz CT molecular complexity index is 566. The van der Waals surface area contributed by atoms with E-state index >= 15 is 0 Å². The van der Waals surface area contributed by atoms with E-state index in [-0.39, 0.29) is 25.0 Å². The van der Waals surface area contributed by atoms with Gasteiger partial charge in [0.15, 0.2) is 6.61 Å². The molecule has 1 aliphatic heterocycles. The normalized spacial score (nSPS) is 15.3. The van der Waals surface area contributed by atoms with Crippen molar-refractivity contribution in [3.8, 4) is 5.75 Å². The summed E-state index contributed by atoms with van der Waals surface area (Å²) >= 11 is 0. The van der Waals surface area contributed by atoms with E-state index in [1.807, 2.05) is 39.1 Å². The van der Waals surface area contributed by atoms with Crippen molar-refractivity contribution >= 4 is 11.8 Å².